The summed E-state index contributed by atoms with van der Waals surface area (Å²) in [7, 11) is -4.06. The third-order valence-corrected chi connectivity index (χ3v) is 25.7. The Morgan fingerprint density at radius 2 is 0.849 bits per heavy atom. The monoisotopic (exact) mass is 727 g/mol. The molecule has 53 heavy (non-hydrogen) atoms. The number of fused-ring (bicyclic) bond motifs is 9. The van der Waals surface area contributed by atoms with Crippen molar-refractivity contribution in [3.63, 3.8) is 0 Å². The van der Waals surface area contributed by atoms with Crippen LogP contribution in [0.25, 0.3) is 64.9 Å². The van der Waals surface area contributed by atoms with Crippen LogP contribution in [0.4, 0.5) is 0 Å². The Hall–Kier alpha value is -4.29. The zero-order valence-corrected chi connectivity index (χ0v) is 36.0. The minimum Gasteiger partial charge on any atom is -0.354 e. The SMILES string of the molecule is CC(C)[Si](C#Cc1c2ccccc2c(C#C[Si](C(C)C)(C(C)C)C(C)C)c2c1ccc1[nH]c3ccc4cc5ccccc5cc4c3c12)(C(C)C)C(C)C. The Balaban J connectivity index is 1.73. The topological polar surface area (TPSA) is 15.8 Å². The third kappa shape index (κ3) is 5.75. The first-order chi connectivity index (χ1) is 25.2. The molecule has 1 aromatic heterocycles. The van der Waals surface area contributed by atoms with Gasteiger partial charge in [0.2, 0.25) is 0 Å². The number of hydrogen-bond acceptors (Lipinski definition) is 0. The molecule has 0 saturated heterocycles. The lowest BCUT2D eigenvalue weighted by molar-refractivity contribution is 0.838. The van der Waals surface area contributed by atoms with E-state index in [1.165, 1.54) is 53.9 Å². The maximum absolute atomic E-state index is 4.17. The molecule has 1 nitrogen and oxygen atoms in total. The average molecular weight is 728 g/mol. The average Bonchev–Trinajstić information content (AvgIpc) is 3.50. The van der Waals surface area contributed by atoms with Crippen LogP contribution in [0.1, 0.15) is 94.2 Å². The third-order valence-electron chi connectivity index (χ3n) is 13.1. The largest absolute Gasteiger partial charge is 0.354 e. The molecule has 7 aromatic rings. The molecule has 0 spiro atoms. The molecule has 0 aliphatic heterocycles. The van der Waals surface area contributed by atoms with Crippen LogP contribution < -0.4 is 0 Å². The first kappa shape index (κ1) is 37.0. The van der Waals surface area contributed by atoms with Gasteiger partial charge in [-0.3, -0.25) is 0 Å². The van der Waals surface area contributed by atoms with Gasteiger partial charge in [0.25, 0.3) is 0 Å². The quantitative estimate of drug-likeness (QED) is 0.0997. The van der Waals surface area contributed by atoms with E-state index >= 15 is 0 Å². The van der Waals surface area contributed by atoms with E-state index in [1.54, 1.807) is 0 Å². The number of aromatic nitrogens is 1. The van der Waals surface area contributed by atoms with Crippen LogP contribution in [-0.2, 0) is 0 Å². The van der Waals surface area contributed by atoms with Crippen LogP contribution in [0.3, 0.4) is 0 Å². The maximum atomic E-state index is 4.17. The van der Waals surface area contributed by atoms with Crippen LogP contribution in [0.15, 0.2) is 84.9 Å². The number of benzene rings is 6. The molecule has 0 unspecified atom stereocenters. The number of aromatic amines is 1. The molecule has 0 atom stereocenters. The molecule has 0 amide bonds. The zero-order valence-electron chi connectivity index (χ0n) is 34.0. The van der Waals surface area contributed by atoms with Gasteiger partial charge < -0.3 is 4.98 Å². The van der Waals surface area contributed by atoms with Crippen molar-refractivity contribution in [3.8, 4) is 22.9 Å². The van der Waals surface area contributed by atoms with Gasteiger partial charge in [-0.05, 0) is 95.2 Å². The van der Waals surface area contributed by atoms with Crippen molar-refractivity contribution in [3.05, 3.63) is 96.1 Å². The smallest absolute Gasteiger partial charge is 0.146 e. The van der Waals surface area contributed by atoms with Gasteiger partial charge in [-0.2, -0.15) is 0 Å². The highest BCUT2D eigenvalue weighted by Crippen LogP contribution is 2.45. The summed E-state index contributed by atoms with van der Waals surface area (Å²) in [5, 5.41) is 12.5. The number of rotatable bonds is 6. The van der Waals surface area contributed by atoms with E-state index in [4.69, 9.17) is 0 Å². The summed E-state index contributed by atoms with van der Waals surface area (Å²) in [5.74, 6) is 8.05. The molecular weight excluding hydrogens is 671 g/mol. The Labute approximate surface area is 320 Å². The fraction of sp³-hybridized carbons (Fsp3) is 0.360. The van der Waals surface area contributed by atoms with Crippen molar-refractivity contribution in [2.75, 3.05) is 0 Å². The summed E-state index contributed by atoms with van der Waals surface area (Å²) in [6.45, 7) is 29.0. The van der Waals surface area contributed by atoms with Crippen LogP contribution in [0.2, 0.25) is 33.2 Å². The van der Waals surface area contributed by atoms with Crippen molar-refractivity contribution >= 4 is 81.0 Å². The second kappa shape index (κ2) is 13.8. The van der Waals surface area contributed by atoms with E-state index in [1.807, 2.05) is 0 Å². The highest BCUT2D eigenvalue weighted by atomic mass is 28.3. The Morgan fingerprint density at radius 1 is 0.396 bits per heavy atom. The molecule has 270 valence electrons. The van der Waals surface area contributed by atoms with Gasteiger partial charge in [0.05, 0.1) is 0 Å². The standard InChI is InChI=1S/C50H57NSi2/c1-31(2)52(32(3)4,33(5)6)27-25-42-40-19-15-16-20-41(40)44(26-28-53(34(7)8,35(9)10)36(11)12)48-43(42)22-24-47-50(48)49-45-30-38-18-14-13-17-37(38)29-39(45)21-23-46(49)51-47/h13-24,29-36,51H,1-12H3. The molecule has 0 bridgehead atoms. The minimum absolute atomic E-state index is 0.546. The maximum Gasteiger partial charge on any atom is 0.146 e. The second-order valence-electron chi connectivity index (χ2n) is 17.5. The predicted molar refractivity (Wildman–Crippen MR) is 242 cm³/mol. The normalized spacial score (nSPS) is 12.9. The highest BCUT2D eigenvalue weighted by molar-refractivity contribution is 6.91. The zero-order chi connectivity index (χ0) is 38.0. The van der Waals surface area contributed by atoms with Gasteiger partial charge in [0.1, 0.15) is 16.1 Å². The number of hydrogen-bond donors (Lipinski definition) is 1. The molecule has 6 aromatic carbocycles. The van der Waals surface area contributed by atoms with Crippen LogP contribution in [-0.4, -0.2) is 21.1 Å². The minimum atomic E-state index is -2.05. The van der Waals surface area contributed by atoms with Crippen molar-refractivity contribution in [2.45, 2.75) is 116 Å². The van der Waals surface area contributed by atoms with Crippen LogP contribution >= 0.6 is 0 Å². The van der Waals surface area contributed by atoms with E-state index < -0.39 is 16.1 Å². The first-order valence-corrected chi connectivity index (χ1v) is 24.5. The fourth-order valence-corrected chi connectivity index (χ4v) is 21.1. The molecule has 1 N–H and O–H groups in total. The predicted octanol–water partition coefficient (Wildman–Crippen LogP) is 15.1. The second-order valence-corrected chi connectivity index (χ2v) is 28.7. The van der Waals surface area contributed by atoms with Gasteiger partial charge in [-0.15, -0.1) is 11.1 Å². The van der Waals surface area contributed by atoms with Crippen molar-refractivity contribution < 1.29 is 0 Å². The highest BCUT2D eigenvalue weighted by Gasteiger charge is 2.43. The molecule has 7 rings (SSSR count). The fourth-order valence-electron chi connectivity index (χ4n) is 10.6. The van der Waals surface area contributed by atoms with Gasteiger partial charge in [0.15, 0.2) is 0 Å². The van der Waals surface area contributed by atoms with E-state index in [9.17, 15) is 0 Å². The van der Waals surface area contributed by atoms with E-state index in [-0.39, 0.29) is 0 Å². The molecule has 0 aliphatic carbocycles. The summed E-state index contributed by atoms with van der Waals surface area (Å²) in [4.78, 5) is 3.86. The summed E-state index contributed by atoms with van der Waals surface area (Å²) in [6.07, 6.45) is 0. The Kier molecular flexibility index (Phi) is 9.68. The molecule has 3 heteroatoms. The summed E-state index contributed by atoms with van der Waals surface area (Å²) < 4.78 is 0. The van der Waals surface area contributed by atoms with Crippen molar-refractivity contribution in [2.24, 2.45) is 0 Å². The van der Waals surface area contributed by atoms with Gasteiger partial charge >= 0.3 is 0 Å². The van der Waals surface area contributed by atoms with E-state index in [2.05, 4.69) is 196 Å². The van der Waals surface area contributed by atoms with Crippen LogP contribution in [0.5, 0.6) is 0 Å². The Morgan fingerprint density at radius 3 is 1.40 bits per heavy atom. The molecular formula is C50H57NSi2. The summed E-state index contributed by atoms with van der Waals surface area (Å²) in [5.41, 5.74) is 16.2. The van der Waals surface area contributed by atoms with Gasteiger partial charge in [0, 0.05) is 38.3 Å². The molecule has 0 saturated carbocycles. The van der Waals surface area contributed by atoms with E-state index in [0.29, 0.717) is 33.2 Å². The number of nitrogens with one attached hydrogen (secondary N) is 1. The number of H-pyrrole nitrogens is 1. The lowest BCUT2D eigenvalue weighted by atomic mass is 9.89. The van der Waals surface area contributed by atoms with Crippen molar-refractivity contribution in [1.82, 2.24) is 4.98 Å². The summed E-state index contributed by atoms with van der Waals surface area (Å²) in [6, 6.07) is 31.7. The van der Waals surface area contributed by atoms with Crippen LogP contribution in [0, 0.1) is 22.9 Å². The van der Waals surface area contributed by atoms with Crippen molar-refractivity contribution in [1.29, 1.82) is 0 Å². The van der Waals surface area contributed by atoms with Gasteiger partial charge in [-0.25, -0.2) is 0 Å². The first-order valence-electron chi connectivity index (χ1n) is 20.0. The van der Waals surface area contributed by atoms with Gasteiger partial charge in [-0.1, -0.05) is 156 Å². The molecule has 0 aliphatic rings. The lowest BCUT2D eigenvalue weighted by Gasteiger charge is -2.38. The molecule has 0 fully saturated rings. The summed E-state index contributed by atoms with van der Waals surface area (Å²) >= 11 is 0. The molecule has 0 radical (unpaired) electrons. The molecule has 1 heterocycles. The Bertz CT molecular complexity index is 2620. The van der Waals surface area contributed by atoms with E-state index in [0.717, 1.165) is 22.2 Å². The lowest BCUT2D eigenvalue weighted by Crippen LogP contribution is -2.43.